The lowest BCUT2D eigenvalue weighted by atomic mass is 10.2. The van der Waals surface area contributed by atoms with Gasteiger partial charge in [-0.25, -0.2) is 0 Å². The fraction of sp³-hybridized carbons (Fsp3) is 0.727. The molecular formula is C11H17NO3. The highest BCUT2D eigenvalue weighted by Crippen LogP contribution is 2.36. The average molecular weight is 211 g/mol. The first-order valence-corrected chi connectivity index (χ1v) is 4.92. The Balaban J connectivity index is 0.000000153. The standard InChI is InChI=1S/C6H7NO.C5H10O2/c1-2-6-5-7(6)3-4-8-6;1-5(2,3)7-4-6/h1H,3-5H2;4H,1-3H3. The van der Waals surface area contributed by atoms with Crippen LogP contribution in [-0.2, 0) is 14.3 Å². The number of hydrogen-bond donors (Lipinski definition) is 0. The third kappa shape index (κ3) is 3.22. The number of rotatable bonds is 1. The number of nitrogens with zero attached hydrogens (tertiary/aromatic N) is 1. The summed E-state index contributed by atoms with van der Waals surface area (Å²) in [5.41, 5.74) is -0.554. The number of carbonyl (C=O) groups is 1. The molecule has 4 heteroatoms. The summed E-state index contributed by atoms with van der Waals surface area (Å²) in [5.74, 6) is 2.62. The molecule has 0 radical (unpaired) electrons. The van der Waals surface area contributed by atoms with E-state index >= 15 is 0 Å². The molecule has 2 heterocycles. The van der Waals surface area contributed by atoms with Crippen LogP contribution in [0.3, 0.4) is 0 Å². The lowest BCUT2D eigenvalue weighted by molar-refractivity contribution is -0.138. The molecule has 2 aliphatic rings. The van der Waals surface area contributed by atoms with Gasteiger partial charge in [-0.15, -0.1) is 6.42 Å². The molecule has 0 amide bonds. The number of ether oxygens (including phenoxy) is 2. The van der Waals surface area contributed by atoms with Crippen LogP contribution in [0.1, 0.15) is 20.8 Å². The first kappa shape index (κ1) is 12.0. The van der Waals surface area contributed by atoms with Crippen LogP contribution in [-0.4, -0.2) is 42.4 Å². The van der Waals surface area contributed by atoms with E-state index in [2.05, 4.69) is 15.6 Å². The fourth-order valence-corrected chi connectivity index (χ4v) is 1.27. The first-order chi connectivity index (χ1) is 6.93. The van der Waals surface area contributed by atoms with Crippen molar-refractivity contribution in [2.24, 2.45) is 0 Å². The fourth-order valence-electron chi connectivity index (χ4n) is 1.27. The zero-order chi connectivity index (χ0) is 11.5. The average Bonchev–Trinajstić information content (AvgIpc) is 2.69. The molecule has 2 unspecified atom stereocenters. The highest BCUT2D eigenvalue weighted by atomic mass is 16.5. The largest absolute Gasteiger partial charge is 0.462 e. The smallest absolute Gasteiger partial charge is 0.293 e. The van der Waals surface area contributed by atoms with Gasteiger partial charge in [0.05, 0.1) is 13.2 Å². The van der Waals surface area contributed by atoms with E-state index in [-0.39, 0.29) is 11.3 Å². The summed E-state index contributed by atoms with van der Waals surface area (Å²) >= 11 is 0. The van der Waals surface area contributed by atoms with Crippen molar-refractivity contribution < 1.29 is 14.3 Å². The van der Waals surface area contributed by atoms with E-state index in [1.807, 2.05) is 20.8 Å². The van der Waals surface area contributed by atoms with E-state index < -0.39 is 0 Å². The molecule has 0 aromatic carbocycles. The van der Waals surface area contributed by atoms with Crippen LogP contribution in [0.15, 0.2) is 0 Å². The van der Waals surface area contributed by atoms with Gasteiger partial charge in [-0.1, -0.05) is 5.92 Å². The Hall–Kier alpha value is -1.05. The molecule has 2 rings (SSSR count). The minimum atomic E-state index is -0.318. The highest BCUT2D eigenvalue weighted by molar-refractivity contribution is 5.37. The van der Waals surface area contributed by atoms with Gasteiger partial charge in [0, 0.05) is 6.54 Å². The Labute approximate surface area is 90.5 Å². The number of terminal acetylenes is 1. The lowest BCUT2D eigenvalue weighted by Gasteiger charge is -2.14. The summed E-state index contributed by atoms with van der Waals surface area (Å²) < 4.78 is 9.80. The quantitative estimate of drug-likeness (QED) is 0.362. The van der Waals surface area contributed by atoms with Gasteiger partial charge in [0.25, 0.3) is 6.47 Å². The van der Waals surface area contributed by atoms with E-state index in [4.69, 9.17) is 11.2 Å². The maximum atomic E-state index is 9.60. The summed E-state index contributed by atoms with van der Waals surface area (Å²) in [6.45, 7) is 8.70. The molecule has 0 N–H and O–H groups in total. The molecule has 2 atom stereocenters. The van der Waals surface area contributed by atoms with Gasteiger partial charge >= 0.3 is 0 Å². The molecular weight excluding hydrogens is 194 g/mol. The van der Waals surface area contributed by atoms with Crippen LogP contribution < -0.4 is 0 Å². The molecule has 84 valence electrons. The van der Waals surface area contributed by atoms with Crippen LogP contribution in [0.4, 0.5) is 0 Å². The maximum Gasteiger partial charge on any atom is 0.293 e. The van der Waals surface area contributed by atoms with Crippen molar-refractivity contribution in [3.05, 3.63) is 0 Å². The van der Waals surface area contributed by atoms with Gasteiger partial charge in [0.2, 0.25) is 0 Å². The summed E-state index contributed by atoms with van der Waals surface area (Å²) in [5, 5.41) is 0. The highest BCUT2D eigenvalue weighted by Gasteiger charge is 2.56. The molecule has 0 aliphatic carbocycles. The summed E-state index contributed by atoms with van der Waals surface area (Å²) in [4.78, 5) is 11.7. The van der Waals surface area contributed by atoms with Crippen LogP contribution >= 0.6 is 0 Å². The predicted molar refractivity (Wildman–Crippen MR) is 56.0 cm³/mol. The van der Waals surface area contributed by atoms with E-state index in [0.29, 0.717) is 6.47 Å². The van der Waals surface area contributed by atoms with Crippen LogP contribution in [0.5, 0.6) is 0 Å². The minimum Gasteiger partial charge on any atom is -0.462 e. The van der Waals surface area contributed by atoms with E-state index in [1.165, 1.54) is 0 Å². The molecule has 0 aromatic rings. The summed E-state index contributed by atoms with van der Waals surface area (Å²) in [6, 6.07) is 0. The maximum absolute atomic E-state index is 9.60. The van der Waals surface area contributed by atoms with E-state index in [9.17, 15) is 4.79 Å². The molecule has 2 aliphatic heterocycles. The second kappa shape index (κ2) is 4.21. The van der Waals surface area contributed by atoms with Crippen LogP contribution in [0.25, 0.3) is 0 Å². The number of carbonyl (C=O) groups excluding carboxylic acids is 1. The Morgan fingerprint density at radius 2 is 2.27 bits per heavy atom. The third-order valence-corrected chi connectivity index (χ3v) is 2.14. The summed E-state index contributed by atoms with van der Waals surface area (Å²) in [6.07, 6.45) is 5.19. The van der Waals surface area contributed by atoms with Crippen molar-refractivity contribution in [2.45, 2.75) is 32.1 Å². The second-order valence-electron chi connectivity index (χ2n) is 4.53. The molecule has 0 spiro atoms. The molecule has 2 saturated heterocycles. The van der Waals surface area contributed by atoms with Gasteiger partial charge in [-0.3, -0.25) is 9.69 Å². The normalized spacial score (nSPS) is 31.7. The van der Waals surface area contributed by atoms with Gasteiger partial charge < -0.3 is 9.47 Å². The molecule has 0 bridgehead atoms. The third-order valence-electron chi connectivity index (χ3n) is 2.14. The predicted octanol–water partition coefficient (Wildman–Crippen LogP) is 0.620. The lowest BCUT2D eigenvalue weighted by Crippen LogP contribution is -2.17. The number of morpholine rings is 1. The van der Waals surface area contributed by atoms with Crippen LogP contribution in [0.2, 0.25) is 0 Å². The van der Waals surface area contributed by atoms with Crippen molar-refractivity contribution in [2.75, 3.05) is 19.7 Å². The first-order valence-electron chi connectivity index (χ1n) is 4.92. The van der Waals surface area contributed by atoms with Crippen molar-refractivity contribution >= 4 is 6.47 Å². The zero-order valence-corrected chi connectivity index (χ0v) is 9.45. The Kier molecular flexibility index (Phi) is 3.38. The summed E-state index contributed by atoms with van der Waals surface area (Å²) in [7, 11) is 0. The van der Waals surface area contributed by atoms with Gasteiger partial charge in [0.1, 0.15) is 5.60 Å². The molecule has 15 heavy (non-hydrogen) atoms. The van der Waals surface area contributed by atoms with Gasteiger partial charge in [-0.2, -0.15) is 0 Å². The van der Waals surface area contributed by atoms with Gasteiger partial charge in [-0.05, 0) is 20.8 Å². The Morgan fingerprint density at radius 3 is 2.40 bits per heavy atom. The number of hydrogen-bond acceptors (Lipinski definition) is 4. The Bertz CT molecular complexity index is 277. The monoisotopic (exact) mass is 211 g/mol. The van der Waals surface area contributed by atoms with Crippen molar-refractivity contribution in [3.8, 4) is 12.3 Å². The van der Waals surface area contributed by atoms with Crippen molar-refractivity contribution in [1.29, 1.82) is 0 Å². The molecule has 2 fully saturated rings. The second-order valence-corrected chi connectivity index (χ2v) is 4.53. The topological polar surface area (TPSA) is 38.5 Å². The van der Waals surface area contributed by atoms with Crippen molar-refractivity contribution in [1.82, 2.24) is 4.90 Å². The van der Waals surface area contributed by atoms with Crippen molar-refractivity contribution in [3.63, 3.8) is 0 Å². The SMILES string of the molecule is C#CC12CN1CCO2.CC(C)(C)OC=O. The zero-order valence-electron chi connectivity index (χ0n) is 9.45. The van der Waals surface area contributed by atoms with Crippen LogP contribution in [0, 0.1) is 12.3 Å². The van der Waals surface area contributed by atoms with E-state index in [1.54, 1.807) is 0 Å². The minimum absolute atomic E-state index is 0.236. The number of fused-ring (bicyclic) bond motifs is 1. The molecule has 0 aromatic heterocycles. The Morgan fingerprint density at radius 1 is 1.60 bits per heavy atom. The molecule has 0 saturated carbocycles. The van der Waals surface area contributed by atoms with E-state index in [0.717, 1.165) is 19.7 Å². The van der Waals surface area contributed by atoms with Gasteiger partial charge in [0.15, 0.2) is 5.72 Å². The molecule has 4 nitrogen and oxygen atoms in total.